The molecule has 1 aromatic rings. The Kier molecular flexibility index (Phi) is 5.66. The molecule has 0 fully saturated rings. The fourth-order valence-electron chi connectivity index (χ4n) is 1.82. The minimum atomic E-state index is -4.25. The smallest absolute Gasteiger partial charge is 0.302 e. The maximum absolute atomic E-state index is 12.9. The van der Waals surface area contributed by atoms with Gasteiger partial charge in [0.05, 0.1) is 0 Å². The van der Waals surface area contributed by atoms with Crippen LogP contribution < -0.4 is 5.32 Å². The average Bonchev–Trinajstić information content (AvgIpc) is 2.28. The van der Waals surface area contributed by atoms with Crippen LogP contribution >= 0.6 is 0 Å². The number of rotatable bonds is 6. The normalized spacial score (nSPS) is 13.9. The van der Waals surface area contributed by atoms with Crippen molar-refractivity contribution in [2.75, 3.05) is 6.54 Å². The molecule has 102 valence electrons. The van der Waals surface area contributed by atoms with Crippen molar-refractivity contribution in [3.63, 3.8) is 0 Å². The average molecular weight is 259 g/mol. The monoisotopic (exact) mass is 259 g/mol. The van der Waals surface area contributed by atoms with E-state index in [0.717, 1.165) is 12.8 Å². The zero-order valence-corrected chi connectivity index (χ0v) is 10.8. The molecule has 1 nitrogen and oxygen atoms in total. The number of hydrogen-bond acceptors (Lipinski definition) is 1. The summed E-state index contributed by atoms with van der Waals surface area (Å²) in [5.41, 5.74) is 0.273. The second-order valence-corrected chi connectivity index (χ2v) is 4.88. The molecule has 0 spiro atoms. The lowest BCUT2D eigenvalue weighted by molar-refractivity contribution is -0.157. The van der Waals surface area contributed by atoms with E-state index in [9.17, 15) is 13.2 Å². The number of nitrogens with one attached hydrogen (secondary N) is 1. The molecule has 0 saturated carbocycles. The van der Waals surface area contributed by atoms with Crippen LogP contribution in [0.4, 0.5) is 13.2 Å². The van der Waals surface area contributed by atoms with E-state index in [1.807, 2.05) is 0 Å². The molecule has 0 radical (unpaired) electrons. The van der Waals surface area contributed by atoms with Gasteiger partial charge in [0.1, 0.15) is 6.04 Å². The van der Waals surface area contributed by atoms with E-state index in [4.69, 9.17) is 0 Å². The Balaban J connectivity index is 2.58. The predicted octanol–water partition coefficient (Wildman–Crippen LogP) is 4.32. The Morgan fingerprint density at radius 2 is 1.72 bits per heavy atom. The number of hydrogen-bond donors (Lipinski definition) is 1. The minimum absolute atomic E-state index is 0.273. The van der Waals surface area contributed by atoms with E-state index in [0.29, 0.717) is 12.5 Å². The van der Waals surface area contributed by atoms with Crippen molar-refractivity contribution in [3.05, 3.63) is 35.9 Å². The van der Waals surface area contributed by atoms with Gasteiger partial charge in [0.25, 0.3) is 0 Å². The number of alkyl halides is 3. The molecule has 0 aliphatic heterocycles. The maximum atomic E-state index is 12.9. The van der Waals surface area contributed by atoms with Gasteiger partial charge in [-0.15, -0.1) is 0 Å². The Hall–Kier alpha value is -1.03. The van der Waals surface area contributed by atoms with Gasteiger partial charge in [-0.3, -0.25) is 0 Å². The highest BCUT2D eigenvalue weighted by molar-refractivity contribution is 5.20. The summed E-state index contributed by atoms with van der Waals surface area (Å²) in [4.78, 5) is 0. The summed E-state index contributed by atoms with van der Waals surface area (Å²) in [6.07, 6.45) is -2.55. The molecule has 18 heavy (non-hydrogen) atoms. The van der Waals surface area contributed by atoms with Crippen LogP contribution in [-0.2, 0) is 0 Å². The standard InChI is InChI=1S/C14H20F3N/c1-11(2)7-6-10-18-13(14(15,16)17)12-8-4-3-5-9-12/h3-5,8-9,11,13,18H,6-7,10H2,1-2H3. The van der Waals surface area contributed by atoms with Crippen molar-refractivity contribution in [3.8, 4) is 0 Å². The van der Waals surface area contributed by atoms with Crippen LogP contribution in [0, 0.1) is 5.92 Å². The fourth-order valence-corrected chi connectivity index (χ4v) is 1.82. The number of halogens is 3. The Morgan fingerprint density at radius 3 is 2.22 bits per heavy atom. The second-order valence-electron chi connectivity index (χ2n) is 4.88. The molecule has 1 aromatic carbocycles. The van der Waals surface area contributed by atoms with Gasteiger partial charge in [0, 0.05) is 0 Å². The molecule has 4 heteroatoms. The summed E-state index contributed by atoms with van der Waals surface area (Å²) in [6, 6.07) is 6.43. The van der Waals surface area contributed by atoms with Crippen molar-refractivity contribution in [1.82, 2.24) is 5.32 Å². The molecule has 0 aromatic heterocycles. The lowest BCUT2D eigenvalue weighted by Gasteiger charge is -2.22. The Labute approximate surface area is 106 Å². The largest absolute Gasteiger partial charge is 0.407 e. The highest BCUT2D eigenvalue weighted by Crippen LogP contribution is 2.32. The van der Waals surface area contributed by atoms with Crippen LogP contribution in [0.2, 0.25) is 0 Å². The first-order valence-corrected chi connectivity index (χ1v) is 6.26. The SMILES string of the molecule is CC(C)CCCNC(c1ccccc1)C(F)(F)F. The van der Waals surface area contributed by atoms with Crippen molar-refractivity contribution in [2.24, 2.45) is 5.92 Å². The van der Waals surface area contributed by atoms with Crippen molar-refractivity contribution >= 4 is 0 Å². The van der Waals surface area contributed by atoms with Crippen LogP contribution in [-0.4, -0.2) is 12.7 Å². The molecule has 1 unspecified atom stereocenters. The van der Waals surface area contributed by atoms with Crippen molar-refractivity contribution in [2.45, 2.75) is 38.9 Å². The summed E-state index contributed by atoms with van der Waals surface area (Å²) in [7, 11) is 0. The minimum Gasteiger partial charge on any atom is -0.302 e. The maximum Gasteiger partial charge on any atom is 0.407 e. The molecule has 0 amide bonds. The molecule has 0 heterocycles. The van der Waals surface area contributed by atoms with E-state index >= 15 is 0 Å². The first kappa shape index (κ1) is 15.0. The van der Waals surface area contributed by atoms with E-state index in [2.05, 4.69) is 19.2 Å². The Morgan fingerprint density at radius 1 is 1.11 bits per heavy atom. The van der Waals surface area contributed by atoms with E-state index in [1.54, 1.807) is 18.2 Å². The van der Waals surface area contributed by atoms with Crippen LogP contribution in [0.1, 0.15) is 38.3 Å². The molecule has 0 saturated heterocycles. The van der Waals surface area contributed by atoms with E-state index < -0.39 is 12.2 Å². The summed E-state index contributed by atoms with van der Waals surface area (Å²) < 4.78 is 38.8. The third kappa shape index (κ3) is 5.08. The summed E-state index contributed by atoms with van der Waals surface area (Å²) in [5, 5.41) is 2.61. The number of benzene rings is 1. The lowest BCUT2D eigenvalue weighted by Crippen LogP contribution is -2.34. The summed E-state index contributed by atoms with van der Waals surface area (Å²) >= 11 is 0. The van der Waals surface area contributed by atoms with Gasteiger partial charge in [-0.2, -0.15) is 13.2 Å². The molecule has 0 aliphatic carbocycles. The summed E-state index contributed by atoms with van der Waals surface area (Å²) in [6.45, 7) is 4.52. The van der Waals surface area contributed by atoms with Crippen LogP contribution in [0.25, 0.3) is 0 Å². The molecule has 0 bridgehead atoms. The zero-order chi connectivity index (χ0) is 13.6. The molecule has 1 N–H and O–H groups in total. The van der Waals surface area contributed by atoms with Crippen molar-refractivity contribution < 1.29 is 13.2 Å². The van der Waals surface area contributed by atoms with Gasteiger partial charge in [0.15, 0.2) is 0 Å². The highest BCUT2D eigenvalue weighted by Gasteiger charge is 2.40. The first-order valence-electron chi connectivity index (χ1n) is 6.26. The van der Waals surface area contributed by atoms with Crippen LogP contribution in [0.5, 0.6) is 0 Å². The van der Waals surface area contributed by atoms with Crippen LogP contribution in [0.15, 0.2) is 30.3 Å². The third-order valence-electron chi connectivity index (χ3n) is 2.77. The Bertz CT molecular complexity index is 333. The van der Waals surface area contributed by atoms with Gasteiger partial charge in [0.2, 0.25) is 0 Å². The first-order chi connectivity index (χ1) is 8.41. The highest BCUT2D eigenvalue weighted by atomic mass is 19.4. The quantitative estimate of drug-likeness (QED) is 0.750. The molecule has 1 atom stereocenters. The van der Waals surface area contributed by atoms with Crippen molar-refractivity contribution in [1.29, 1.82) is 0 Å². The zero-order valence-electron chi connectivity index (χ0n) is 10.8. The molecular formula is C14H20F3N. The second kappa shape index (κ2) is 6.78. The van der Waals surface area contributed by atoms with Gasteiger partial charge >= 0.3 is 6.18 Å². The van der Waals surface area contributed by atoms with E-state index in [-0.39, 0.29) is 5.56 Å². The van der Waals surface area contributed by atoms with Gasteiger partial charge in [-0.1, -0.05) is 44.2 Å². The van der Waals surface area contributed by atoms with Gasteiger partial charge in [-0.25, -0.2) is 0 Å². The molecular weight excluding hydrogens is 239 g/mol. The predicted molar refractivity (Wildman–Crippen MR) is 67.3 cm³/mol. The molecule has 1 rings (SSSR count). The third-order valence-corrected chi connectivity index (χ3v) is 2.77. The lowest BCUT2D eigenvalue weighted by atomic mass is 10.1. The van der Waals surface area contributed by atoms with Gasteiger partial charge in [-0.05, 0) is 30.9 Å². The summed E-state index contributed by atoms with van der Waals surface area (Å²) in [5.74, 6) is 0.521. The molecule has 0 aliphatic rings. The van der Waals surface area contributed by atoms with E-state index in [1.165, 1.54) is 12.1 Å². The topological polar surface area (TPSA) is 12.0 Å². The fraction of sp³-hybridized carbons (Fsp3) is 0.571. The van der Waals surface area contributed by atoms with Crippen LogP contribution in [0.3, 0.4) is 0 Å². The van der Waals surface area contributed by atoms with Gasteiger partial charge < -0.3 is 5.32 Å².